The molecule has 3 aromatic carbocycles. The second-order valence-electron chi connectivity index (χ2n) is 9.13. The van der Waals surface area contributed by atoms with Crippen molar-refractivity contribution in [3.63, 3.8) is 0 Å². The van der Waals surface area contributed by atoms with Crippen LogP contribution in [-0.4, -0.2) is 51.7 Å². The molecule has 1 fully saturated rings. The number of nitrogens with zero attached hydrogens (tertiary/aromatic N) is 5. The molecule has 0 spiro atoms. The van der Waals surface area contributed by atoms with Crippen LogP contribution in [0.3, 0.4) is 0 Å². The minimum Gasteiger partial charge on any atom is -0.366 e. The largest absolute Gasteiger partial charge is 0.366 e. The van der Waals surface area contributed by atoms with E-state index in [1.807, 2.05) is 36.9 Å². The van der Waals surface area contributed by atoms with Crippen LogP contribution in [0.15, 0.2) is 72.8 Å². The Labute approximate surface area is 213 Å². The van der Waals surface area contributed by atoms with Crippen LogP contribution in [-0.2, 0) is 0 Å². The summed E-state index contributed by atoms with van der Waals surface area (Å²) in [5.74, 6) is -0.522. The number of halogens is 1. The molecule has 0 saturated carbocycles. The Bertz CT molecular complexity index is 1490. The zero-order chi connectivity index (χ0) is 26.1. The van der Waals surface area contributed by atoms with E-state index in [-0.39, 0.29) is 17.4 Å². The lowest BCUT2D eigenvalue weighted by molar-refractivity contribution is -0.384. The minimum atomic E-state index is -0.472. The van der Waals surface area contributed by atoms with Gasteiger partial charge in [0, 0.05) is 43.9 Å². The molecule has 1 amide bonds. The number of hydrogen-bond donors (Lipinski definition) is 0. The lowest BCUT2D eigenvalue weighted by Crippen LogP contribution is -2.49. The van der Waals surface area contributed by atoms with Crippen LogP contribution in [0, 0.1) is 29.8 Å². The van der Waals surface area contributed by atoms with Crippen molar-refractivity contribution < 1.29 is 14.1 Å². The summed E-state index contributed by atoms with van der Waals surface area (Å²) in [6.45, 7) is 5.83. The molecule has 0 atom stereocenters. The number of nitro groups is 1. The number of anilines is 1. The summed E-state index contributed by atoms with van der Waals surface area (Å²) in [7, 11) is 0. The molecule has 9 heteroatoms. The van der Waals surface area contributed by atoms with Gasteiger partial charge in [0.05, 0.1) is 22.0 Å². The summed E-state index contributed by atoms with van der Waals surface area (Å²) in [5, 5.41) is 16.1. The molecule has 0 aliphatic carbocycles. The molecule has 1 saturated heterocycles. The van der Waals surface area contributed by atoms with E-state index in [0.29, 0.717) is 48.9 Å². The number of benzene rings is 3. The van der Waals surface area contributed by atoms with E-state index in [1.54, 1.807) is 41.3 Å². The van der Waals surface area contributed by atoms with Gasteiger partial charge in [0.25, 0.3) is 11.6 Å². The summed E-state index contributed by atoms with van der Waals surface area (Å²) in [6, 6.07) is 20.4. The molecule has 1 aliphatic heterocycles. The van der Waals surface area contributed by atoms with Gasteiger partial charge in [-0.3, -0.25) is 14.9 Å². The summed E-state index contributed by atoms with van der Waals surface area (Å²) < 4.78 is 15.7. The summed E-state index contributed by atoms with van der Waals surface area (Å²) >= 11 is 0. The Morgan fingerprint density at radius 1 is 0.919 bits per heavy atom. The van der Waals surface area contributed by atoms with Crippen molar-refractivity contribution in [3.8, 4) is 16.9 Å². The first-order chi connectivity index (χ1) is 17.8. The van der Waals surface area contributed by atoms with Crippen molar-refractivity contribution in [2.45, 2.75) is 13.8 Å². The number of rotatable bonds is 5. The summed E-state index contributed by atoms with van der Waals surface area (Å²) in [6.07, 6.45) is 0. The van der Waals surface area contributed by atoms with E-state index in [2.05, 4.69) is 0 Å². The van der Waals surface area contributed by atoms with E-state index < -0.39 is 4.92 Å². The Morgan fingerprint density at radius 3 is 2.38 bits per heavy atom. The molecule has 8 nitrogen and oxygen atoms in total. The second kappa shape index (κ2) is 9.85. The van der Waals surface area contributed by atoms with Crippen molar-refractivity contribution in [2.75, 3.05) is 31.1 Å². The Kier molecular flexibility index (Phi) is 6.43. The first kappa shape index (κ1) is 24.2. The standard InChI is InChI=1S/C28H26FN5O3/c1-19-10-11-21(16-20(19)2)25-18-27(33(30-25)22-6-5-7-23(17-22)34(36)37)28(35)32-14-12-31(13-15-32)26-9-4-3-8-24(26)29/h3-11,16-18H,12-15H2,1-2H3. The molecule has 4 aromatic rings. The first-order valence-electron chi connectivity index (χ1n) is 12.0. The van der Waals surface area contributed by atoms with Crippen molar-refractivity contribution in [2.24, 2.45) is 0 Å². The lowest BCUT2D eigenvalue weighted by Gasteiger charge is -2.36. The zero-order valence-corrected chi connectivity index (χ0v) is 20.6. The molecular weight excluding hydrogens is 473 g/mol. The average molecular weight is 500 g/mol. The van der Waals surface area contributed by atoms with Crippen LogP contribution in [0.4, 0.5) is 15.8 Å². The van der Waals surface area contributed by atoms with Crippen LogP contribution in [0.25, 0.3) is 16.9 Å². The normalized spacial score (nSPS) is 13.6. The van der Waals surface area contributed by atoms with Crippen LogP contribution in [0.1, 0.15) is 21.6 Å². The maximum absolute atomic E-state index is 14.3. The number of para-hydroxylation sites is 1. The van der Waals surface area contributed by atoms with Gasteiger partial charge in [-0.2, -0.15) is 5.10 Å². The minimum absolute atomic E-state index is 0.0855. The number of aryl methyl sites for hydroxylation is 2. The number of aromatic nitrogens is 2. The highest BCUT2D eigenvalue weighted by Crippen LogP contribution is 2.27. The topological polar surface area (TPSA) is 84.5 Å². The number of piperazine rings is 1. The van der Waals surface area contributed by atoms with Crippen molar-refractivity contribution in [1.82, 2.24) is 14.7 Å². The third-order valence-corrected chi connectivity index (χ3v) is 6.78. The van der Waals surface area contributed by atoms with Gasteiger partial charge in [-0.15, -0.1) is 0 Å². The first-order valence-corrected chi connectivity index (χ1v) is 12.0. The van der Waals surface area contributed by atoms with Gasteiger partial charge in [-0.25, -0.2) is 9.07 Å². The zero-order valence-electron chi connectivity index (χ0n) is 20.6. The fourth-order valence-corrected chi connectivity index (χ4v) is 4.53. The van der Waals surface area contributed by atoms with Crippen molar-refractivity contribution >= 4 is 17.3 Å². The monoisotopic (exact) mass is 499 g/mol. The summed E-state index contributed by atoms with van der Waals surface area (Å²) in [4.78, 5) is 28.3. The molecule has 0 bridgehead atoms. The molecule has 2 heterocycles. The lowest BCUT2D eigenvalue weighted by atomic mass is 10.0. The number of amides is 1. The van der Waals surface area contributed by atoms with Crippen LogP contribution in [0.2, 0.25) is 0 Å². The molecule has 1 aromatic heterocycles. The highest BCUT2D eigenvalue weighted by Gasteiger charge is 2.27. The van der Waals surface area contributed by atoms with Gasteiger partial charge in [-0.1, -0.05) is 30.3 Å². The fraction of sp³-hybridized carbons (Fsp3) is 0.214. The van der Waals surface area contributed by atoms with Gasteiger partial charge in [0.1, 0.15) is 11.5 Å². The third kappa shape index (κ3) is 4.80. The molecular formula is C28H26FN5O3. The van der Waals surface area contributed by atoms with Gasteiger partial charge < -0.3 is 9.80 Å². The smallest absolute Gasteiger partial charge is 0.272 e. The van der Waals surface area contributed by atoms with E-state index >= 15 is 0 Å². The maximum Gasteiger partial charge on any atom is 0.272 e. The molecule has 0 radical (unpaired) electrons. The Hall–Kier alpha value is -4.53. The third-order valence-electron chi connectivity index (χ3n) is 6.78. The van der Waals surface area contributed by atoms with Crippen LogP contribution < -0.4 is 4.90 Å². The highest BCUT2D eigenvalue weighted by atomic mass is 19.1. The van der Waals surface area contributed by atoms with E-state index in [1.165, 1.54) is 22.9 Å². The van der Waals surface area contributed by atoms with E-state index in [9.17, 15) is 19.3 Å². The quantitative estimate of drug-likeness (QED) is 0.280. The van der Waals surface area contributed by atoms with Crippen molar-refractivity contribution in [3.05, 3.63) is 106 Å². The molecule has 188 valence electrons. The van der Waals surface area contributed by atoms with Crippen LogP contribution in [0.5, 0.6) is 0 Å². The number of hydrogen-bond acceptors (Lipinski definition) is 5. The van der Waals surface area contributed by atoms with Crippen molar-refractivity contribution in [1.29, 1.82) is 0 Å². The molecule has 1 aliphatic rings. The highest BCUT2D eigenvalue weighted by molar-refractivity contribution is 5.94. The molecule has 5 rings (SSSR count). The average Bonchev–Trinajstić information content (AvgIpc) is 3.36. The van der Waals surface area contributed by atoms with Gasteiger partial charge >= 0.3 is 0 Å². The number of non-ortho nitro benzene ring substituents is 1. The summed E-state index contributed by atoms with van der Waals surface area (Å²) in [5.41, 5.74) is 4.87. The molecule has 0 N–H and O–H groups in total. The van der Waals surface area contributed by atoms with Crippen LogP contribution >= 0.6 is 0 Å². The number of carbonyl (C=O) groups is 1. The predicted octanol–water partition coefficient (Wildman–Crippen LogP) is 5.17. The molecule has 37 heavy (non-hydrogen) atoms. The SMILES string of the molecule is Cc1ccc(-c2cc(C(=O)N3CCN(c4ccccc4F)CC3)n(-c3cccc([N+](=O)[O-])c3)n2)cc1C. The number of carbonyl (C=O) groups excluding carboxylic acids is 1. The fourth-order valence-electron chi connectivity index (χ4n) is 4.53. The molecule has 0 unspecified atom stereocenters. The van der Waals surface area contributed by atoms with Gasteiger partial charge in [0.15, 0.2) is 0 Å². The number of nitro benzene ring substituents is 1. The van der Waals surface area contributed by atoms with E-state index in [4.69, 9.17) is 5.10 Å². The van der Waals surface area contributed by atoms with Gasteiger partial charge in [0.2, 0.25) is 0 Å². The maximum atomic E-state index is 14.3. The van der Waals surface area contributed by atoms with Gasteiger partial charge in [-0.05, 0) is 55.3 Å². The second-order valence-corrected chi connectivity index (χ2v) is 9.13. The van der Waals surface area contributed by atoms with E-state index in [0.717, 1.165) is 16.7 Å². The Morgan fingerprint density at radius 2 is 1.68 bits per heavy atom. The predicted molar refractivity (Wildman–Crippen MR) is 140 cm³/mol. The Balaban J connectivity index is 1.48.